The van der Waals surface area contributed by atoms with Crippen LogP contribution in [0.2, 0.25) is 5.02 Å². The zero-order valence-corrected chi connectivity index (χ0v) is 8.81. The Kier molecular flexibility index (Phi) is 2.95. The van der Waals surface area contributed by atoms with Crippen LogP contribution in [0.4, 0.5) is 0 Å². The number of nitrogens with zero attached hydrogens (tertiary/aromatic N) is 1. The van der Waals surface area contributed by atoms with E-state index in [2.05, 4.69) is 6.07 Å². The third-order valence-corrected chi connectivity index (χ3v) is 2.72. The van der Waals surface area contributed by atoms with Gasteiger partial charge in [0.05, 0.1) is 12.0 Å². The molecule has 0 N–H and O–H groups in total. The van der Waals surface area contributed by atoms with Crippen molar-refractivity contribution >= 4 is 11.6 Å². The maximum absolute atomic E-state index is 8.82. The van der Waals surface area contributed by atoms with Crippen molar-refractivity contribution in [2.75, 3.05) is 0 Å². The van der Waals surface area contributed by atoms with Gasteiger partial charge < -0.3 is 0 Å². The molecule has 1 nitrogen and oxygen atoms in total. The molecule has 0 aliphatic carbocycles. The lowest BCUT2D eigenvalue weighted by atomic mass is 9.95. The first-order valence-electron chi connectivity index (χ1n) is 4.23. The molecule has 68 valence electrons. The summed E-state index contributed by atoms with van der Waals surface area (Å²) in [6.07, 6.45) is 0. The molecule has 1 rings (SSSR count). The number of hydrogen-bond donors (Lipinski definition) is 0. The van der Waals surface area contributed by atoms with Crippen molar-refractivity contribution in [1.29, 1.82) is 5.26 Å². The average molecular weight is 194 g/mol. The molecule has 2 heteroatoms. The SMILES string of the molecule is Cc1ccc(C)c(C(C)C#N)c1Cl. The maximum Gasteiger partial charge on any atom is 0.0701 e. The lowest BCUT2D eigenvalue weighted by molar-refractivity contribution is 0.963. The van der Waals surface area contributed by atoms with E-state index < -0.39 is 0 Å². The Balaban J connectivity index is 3.35. The van der Waals surface area contributed by atoms with Gasteiger partial charge in [-0.05, 0) is 37.5 Å². The van der Waals surface area contributed by atoms with Crippen LogP contribution >= 0.6 is 11.6 Å². The van der Waals surface area contributed by atoms with Crippen LogP contribution in [0.5, 0.6) is 0 Å². The molecule has 0 saturated heterocycles. The topological polar surface area (TPSA) is 23.8 Å². The Morgan fingerprint density at radius 1 is 1.31 bits per heavy atom. The molecule has 0 bridgehead atoms. The molecule has 0 aliphatic heterocycles. The Labute approximate surface area is 84.0 Å². The van der Waals surface area contributed by atoms with Gasteiger partial charge in [-0.1, -0.05) is 23.7 Å². The summed E-state index contributed by atoms with van der Waals surface area (Å²) in [5.41, 5.74) is 3.08. The highest BCUT2D eigenvalue weighted by molar-refractivity contribution is 6.32. The zero-order chi connectivity index (χ0) is 10.0. The fraction of sp³-hybridized carbons (Fsp3) is 0.364. The quantitative estimate of drug-likeness (QED) is 0.669. The molecule has 0 amide bonds. The van der Waals surface area contributed by atoms with E-state index in [9.17, 15) is 0 Å². The number of nitriles is 1. The van der Waals surface area contributed by atoms with Crippen LogP contribution in [0.1, 0.15) is 29.5 Å². The first-order valence-corrected chi connectivity index (χ1v) is 4.61. The fourth-order valence-electron chi connectivity index (χ4n) is 1.39. The number of hydrogen-bond acceptors (Lipinski definition) is 1. The lowest BCUT2D eigenvalue weighted by Crippen LogP contribution is -1.96. The Morgan fingerprint density at radius 3 is 2.38 bits per heavy atom. The van der Waals surface area contributed by atoms with Gasteiger partial charge >= 0.3 is 0 Å². The molecule has 0 heterocycles. The van der Waals surface area contributed by atoms with E-state index in [1.54, 1.807) is 0 Å². The predicted octanol–water partition coefficient (Wildman–Crippen LogP) is 3.58. The zero-order valence-electron chi connectivity index (χ0n) is 8.06. The van der Waals surface area contributed by atoms with Crippen molar-refractivity contribution in [3.05, 3.63) is 33.8 Å². The van der Waals surface area contributed by atoms with Crippen LogP contribution in [-0.2, 0) is 0 Å². The van der Waals surface area contributed by atoms with Crippen molar-refractivity contribution < 1.29 is 0 Å². The van der Waals surface area contributed by atoms with Gasteiger partial charge in [-0.2, -0.15) is 5.26 Å². The normalized spacial score (nSPS) is 12.2. The molecular weight excluding hydrogens is 182 g/mol. The standard InChI is InChI=1S/C11H12ClN/c1-7-4-5-8(2)11(12)10(7)9(3)6-13/h4-5,9H,1-3H3. The molecule has 0 aromatic heterocycles. The van der Waals surface area contributed by atoms with Gasteiger partial charge in [0.1, 0.15) is 0 Å². The number of aryl methyl sites for hydroxylation is 2. The second kappa shape index (κ2) is 3.81. The molecule has 1 atom stereocenters. The Hall–Kier alpha value is -1.00. The minimum atomic E-state index is -0.132. The van der Waals surface area contributed by atoms with Gasteiger partial charge in [0.15, 0.2) is 0 Å². The van der Waals surface area contributed by atoms with Crippen LogP contribution in [0, 0.1) is 25.2 Å². The minimum absolute atomic E-state index is 0.132. The van der Waals surface area contributed by atoms with Gasteiger partial charge in [-0.15, -0.1) is 0 Å². The molecule has 0 spiro atoms. The largest absolute Gasteiger partial charge is 0.198 e. The summed E-state index contributed by atoms with van der Waals surface area (Å²) in [6, 6.07) is 6.19. The number of benzene rings is 1. The predicted molar refractivity (Wildman–Crippen MR) is 55.0 cm³/mol. The summed E-state index contributed by atoms with van der Waals surface area (Å²) in [7, 11) is 0. The summed E-state index contributed by atoms with van der Waals surface area (Å²) in [4.78, 5) is 0. The second-order valence-electron chi connectivity index (χ2n) is 3.28. The highest BCUT2D eigenvalue weighted by Gasteiger charge is 2.12. The first-order chi connectivity index (χ1) is 6.07. The molecule has 0 radical (unpaired) electrons. The minimum Gasteiger partial charge on any atom is -0.198 e. The molecule has 0 fully saturated rings. The maximum atomic E-state index is 8.82. The molecule has 0 aliphatic rings. The molecule has 1 aromatic carbocycles. The van der Waals surface area contributed by atoms with Gasteiger partial charge in [-0.3, -0.25) is 0 Å². The first kappa shape index (κ1) is 10.1. The fourth-order valence-corrected chi connectivity index (χ4v) is 1.77. The van der Waals surface area contributed by atoms with E-state index in [1.165, 1.54) is 0 Å². The summed E-state index contributed by atoms with van der Waals surface area (Å²) >= 11 is 6.12. The highest BCUT2D eigenvalue weighted by Crippen LogP contribution is 2.29. The van der Waals surface area contributed by atoms with Crippen molar-refractivity contribution in [2.24, 2.45) is 0 Å². The van der Waals surface area contributed by atoms with E-state index in [1.807, 2.05) is 32.9 Å². The Morgan fingerprint density at radius 2 is 1.85 bits per heavy atom. The van der Waals surface area contributed by atoms with Crippen molar-refractivity contribution in [3.8, 4) is 6.07 Å². The van der Waals surface area contributed by atoms with Crippen LogP contribution in [0.15, 0.2) is 12.1 Å². The van der Waals surface area contributed by atoms with Gasteiger partial charge in [0.25, 0.3) is 0 Å². The highest BCUT2D eigenvalue weighted by atomic mass is 35.5. The third-order valence-electron chi connectivity index (χ3n) is 2.22. The number of halogens is 1. The summed E-state index contributed by atoms with van der Waals surface area (Å²) in [6.45, 7) is 5.80. The molecule has 1 aromatic rings. The second-order valence-corrected chi connectivity index (χ2v) is 3.66. The Bertz CT molecular complexity index is 363. The molecule has 13 heavy (non-hydrogen) atoms. The summed E-state index contributed by atoms with van der Waals surface area (Å²) in [5.74, 6) is -0.132. The van der Waals surface area contributed by atoms with E-state index in [0.29, 0.717) is 0 Å². The van der Waals surface area contributed by atoms with Crippen molar-refractivity contribution in [1.82, 2.24) is 0 Å². The average Bonchev–Trinajstić information content (AvgIpc) is 2.12. The number of rotatable bonds is 1. The van der Waals surface area contributed by atoms with Crippen molar-refractivity contribution in [3.63, 3.8) is 0 Å². The van der Waals surface area contributed by atoms with E-state index in [4.69, 9.17) is 16.9 Å². The van der Waals surface area contributed by atoms with Crippen LogP contribution in [0.3, 0.4) is 0 Å². The third kappa shape index (κ3) is 1.84. The van der Waals surface area contributed by atoms with E-state index in [0.717, 1.165) is 21.7 Å². The summed E-state index contributed by atoms with van der Waals surface area (Å²) < 4.78 is 0. The molecule has 0 saturated carbocycles. The van der Waals surface area contributed by atoms with Crippen molar-refractivity contribution in [2.45, 2.75) is 26.7 Å². The lowest BCUT2D eigenvalue weighted by Gasteiger charge is -2.11. The molecule has 1 unspecified atom stereocenters. The molecular formula is C11H12ClN. The van der Waals surface area contributed by atoms with Crippen LogP contribution in [-0.4, -0.2) is 0 Å². The van der Waals surface area contributed by atoms with Crippen LogP contribution in [0.25, 0.3) is 0 Å². The van der Waals surface area contributed by atoms with E-state index >= 15 is 0 Å². The van der Waals surface area contributed by atoms with Gasteiger partial charge in [0, 0.05) is 5.02 Å². The monoisotopic (exact) mass is 193 g/mol. The smallest absolute Gasteiger partial charge is 0.0701 e. The van der Waals surface area contributed by atoms with Gasteiger partial charge in [0.2, 0.25) is 0 Å². The van der Waals surface area contributed by atoms with Gasteiger partial charge in [-0.25, -0.2) is 0 Å². The summed E-state index contributed by atoms with van der Waals surface area (Å²) in [5, 5.41) is 9.55. The van der Waals surface area contributed by atoms with E-state index in [-0.39, 0.29) is 5.92 Å². The van der Waals surface area contributed by atoms with Crippen LogP contribution < -0.4 is 0 Å².